The maximum atomic E-state index is 12.0. The van der Waals surface area contributed by atoms with Crippen LogP contribution in [0.3, 0.4) is 0 Å². The van der Waals surface area contributed by atoms with Gasteiger partial charge in [-0.3, -0.25) is 0 Å². The Morgan fingerprint density at radius 3 is 2.70 bits per heavy atom. The Kier molecular flexibility index (Phi) is 1.38. The van der Waals surface area contributed by atoms with E-state index in [-0.39, 0.29) is 6.42 Å². The Morgan fingerprint density at radius 1 is 1.50 bits per heavy atom. The monoisotopic (exact) mass is 152 g/mol. The summed E-state index contributed by atoms with van der Waals surface area (Å²) in [4.78, 5) is 0. The summed E-state index contributed by atoms with van der Waals surface area (Å²) in [5.74, 6) is -1.53. The highest BCUT2D eigenvalue weighted by atomic mass is 19.4. The largest absolute Gasteiger partial charge is 0.395 e. The molecule has 10 heavy (non-hydrogen) atoms. The van der Waals surface area contributed by atoms with Gasteiger partial charge >= 0.3 is 6.18 Å². The zero-order chi connectivity index (χ0) is 9.35. The molecule has 0 aromatic heterocycles. The van der Waals surface area contributed by atoms with Crippen LogP contribution in [-0.2, 0) is 0 Å². The molecule has 1 aliphatic carbocycles. The second-order valence-electron chi connectivity index (χ2n) is 2.20. The van der Waals surface area contributed by atoms with E-state index in [0.717, 1.165) is 12.2 Å². The Labute approximate surface area is 60.5 Å². The fourth-order valence-corrected chi connectivity index (χ4v) is 0.823. The standard InChI is InChI=1S/C7H9F3/c8-7(9,10)6-4-2-1-3-5-6/h2,4,6H,1,3,5H2/t6-/m1/s1/i1D,3D/t1-,3+,6+/m0. The first-order valence-corrected chi connectivity index (χ1v) is 3.01. The quantitative estimate of drug-likeness (QED) is 0.468. The number of alkyl halides is 3. The lowest BCUT2D eigenvalue weighted by molar-refractivity contribution is -0.163. The third-order valence-corrected chi connectivity index (χ3v) is 1.40. The number of hydrogen-bond donors (Lipinski definition) is 0. The van der Waals surface area contributed by atoms with Crippen molar-refractivity contribution >= 4 is 0 Å². The molecular formula is C7H9F3. The van der Waals surface area contributed by atoms with E-state index in [4.69, 9.17) is 2.74 Å². The van der Waals surface area contributed by atoms with Crippen molar-refractivity contribution in [2.24, 2.45) is 5.92 Å². The van der Waals surface area contributed by atoms with Crippen LogP contribution in [0.2, 0.25) is 0 Å². The lowest BCUT2D eigenvalue weighted by atomic mass is 9.96. The maximum Gasteiger partial charge on any atom is 0.395 e. The summed E-state index contributed by atoms with van der Waals surface area (Å²) in [6, 6.07) is 0. The summed E-state index contributed by atoms with van der Waals surface area (Å²) < 4.78 is 50.4. The molecule has 58 valence electrons. The molecule has 0 saturated carbocycles. The molecule has 0 saturated heterocycles. The van der Waals surface area contributed by atoms with Crippen LogP contribution in [0.1, 0.15) is 22.0 Å². The van der Waals surface area contributed by atoms with Crippen molar-refractivity contribution in [2.45, 2.75) is 25.4 Å². The minimum Gasteiger partial charge on any atom is -0.170 e. The first kappa shape index (κ1) is 5.22. The third kappa shape index (κ3) is 1.75. The molecule has 0 aromatic rings. The summed E-state index contributed by atoms with van der Waals surface area (Å²) in [5, 5.41) is 0. The molecule has 0 N–H and O–H groups in total. The van der Waals surface area contributed by atoms with Crippen LogP contribution in [-0.4, -0.2) is 6.18 Å². The van der Waals surface area contributed by atoms with Gasteiger partial charge in [0, 0.05) is 2.74 Å². The average Bonchev–Trinajstić information content (AvgIpc) is 1.92. The van der Waals surface area contributed by atoms with E-state index in [1.54, 1.807) is 0 Å². The van der Waals surface area contributed by atoms with Gasteiger partial charge in [0.1, 0.15) is 0 Å². The van der Waals surface area contributed by atoms with Crippen molar-refractivity contribution in [3.63, 3.8) is 0 Å². The van der Waals surface area contributed by atoms with Crippen molar-refractivity contribution in [1.82, 2.24) is 0 Å². The Hall–Kier alpha value is -0.470. The van der Waals surface area contributed by atoms with Gasteiger partial charge in [0.2, 0.25) is 0 Å². The number of hydrogen-bond acceptors (Lipinski definition) is 0. The molecule has 3 atom stereocenters. The lowest BCUT2D eigenvalue weighted by Crippen LogP contribution is -2.22. The molecule has 0 amide bonds. The SMILES string of the molecule is [2H][C@H]1C=C[C@@H](C(F)(F)F)C[C@@H]1[2H]. The van der Waals surface area contributed by atoms with Crippen LogP contribution < -0.4 is 0 Å². The first-order valence-electron chi connectivity index (χ1n) is 4.16. The van der Waals surface area contributed by atoms with Crippen molar-refractivity contribution < 1.29 is 15.9 Å². The number of allylic oxidation sites excluding steroid dienone is 2. The highest BCUT2D eigenvalue weighted by Gasteiger charge is 2.37. The van der Waals surface area contributed by atoms with E-state index < -0.39 is 24.9 Å². The van der Waals surface area contributed by atoms with Crippen LogP contribution in [0.25, 0.3) is 0 Å². The van der Waals surface area contributed by atoms with Crippen LogP contribution >= 0.6 is 0 Å². The predicted octanol–water partition coefficient (Wildman–Crippen LogP) is 2.91. The van der Waals surface area contributed by atoms with Gasteiger partial charge in [-0.05, 0) is 19.2 Å². The molecule has 0 fully saturated rings. The molecule has 1 aliphatic rings. The van der Waals surface area contributed by atoms with Crippen LogP contribution in [0.15, 0.2) is 12.2 Å². The molecule has 0 spiro atoms. The van der Waals surface area contributed by atoms with E-state index in [1.165, 1.54) is 0 Å². The van der Waals surface area contributed by atoms with Crippen LogP contribution in [0.5, 0.6) is 0 Å². The molecule has 3 heteroatoms. The minimum absolute atomic E-state index is 0.284. The molecule has 0 unspecified atom stereocenters. The molecule has 0 aliphatic heterocycles. The molecule has 0 nitrogen and oxygen atoms in total. The molecular weight excluding hydrogens is 141 g/mol. The smallest absolute Gasteiger partial charge is 0.170 e. The predicted molar refractivity (Wildman–Crippen MR) is 32.5 cm³/mol. The number of rotatable bonds is 0. The molecule has 1 rings (SSSR count). The summed E-state index contributed by atoms with van der Waals surface area (Å²) in [5.41, 5.74) is 0. The second-order valence-corrected chi connectivity index (χ2v) is 2.20. The van der Waals surface area contributed by atoms with Gasteiger partial charge < -0.3 is 0 Å². The molecule has 0 aromatic carbocycles. The summed E-state index contributed by atoms with van der Waals surface area (Å²) in [6.07, 6.45) is -4.14. The zero-order valence-electron chi connectivity index (χ0n) is 7.23. The van der Waals surface area contributed by atoms with E-state index in [2.05, 4.69) is 0 Å². The van der Waals surface area contributed by atoms with Gasteiger partial charge in [0.05, 0.1) is 5.92 Å². The van der Waals surface area contributed by atoms with Gasteiger partial charge in [-0.15, -0.1) is 0 Å². The Balaban J connectivity index is 2.67. The Bertz CT molecular complexity index is 188. The summed E-state index contributed by atoms with van der Waals surface area (Å²) in [6.45, 7) is 0. The molecule has 0 bridgehead atoms. The van der Waals surface area contributed by atoms with Gasteiger partial charge in [0.25, 0.3) is 0 Å². The third-order valence-electron chi connectivity index (χ3n) is 1.40. The molecule has 0 radical (unpaired) electrons. The van der Waals surface area contributed by atoms with Crippen molar-refractivity contribution in [3.05, 3.63) is 12.2 Å². The minimum atomic E-state index is -4.25. The normalized spacial score (nSPS) is 44.5. The van der Waals surface area contributed by atoms with Crippen LogP contribution in [0, 0.1) is 5.92 Å². The van der Waals surface area contributed by atoms with E-state index in [1.807, 2.05) is 0 Å². The van der Waals surface area contributed by atoms with E-state index >= 15 is 0 Å². The average molecular weight is 152 g/mol. The fourth-order valence-electron chi connectivity index (χ4n) is 0.823. The Morgan fingerprint density at radius 2 is 2.20 bits per heavy atom. The van der Waals surface area contributed by atoms with Crippen LogP contribution in [0.4, 0.5) is 13.2 Å². The lowest BCUT2D eigenvalue weighted by Gasteiger charge is -2.18. The van der Waals surface area contributed by atoms with E-state index in [0.29, 0.717) is 0 Å². The van der Waals surface area contributed by atoms with Gasteiger partial charge in [-0.25, -0.2) is 0 Å². The van der Waals surface area contributed by atoms with E-state index in [9.17, 15) is 13.2 Å². The van der Waals surface area contributed by atoms with Crippen molar-refractivity contribution in [3.8, 4) is 0 Å². The number of halogens is 3. The zero-order valence-corrected chi connectivity index (χ0v) is 5.23. The maximum absolute atomic E-state index is 12.0. The van der Waals surface area contributed by atoms with Gasteiger partial charge in [0.15, 0.2) is 0 Å². The second kappa shape index (κ2) is 2.64. The fraction of sp³-hybridized carbons (Fsp3) is 0.714. The highest BCUT2D eigenvalue weighted by molar-refractivity contribution is 4.95. The highest BCUT2D eigenvalue weighted by Crippen LogP contribution is 2.33. The molecule has 0 heterocycles. The first-order chi connectivity index (χ1) is 5.41. The van der Waals surface area contributed by atoms with Gasteiger partial charge in [-0.2, -0.15) is 13.2 Å². The summed E-state index contributed by atoms with van der Waals surface area (Å²) >= 11 is 0. The topological polar surface area (TPSA) is 0 Å². The van der Waals surface area contributed by atoms with Crippen molar-refractivity contribution in [2.75, 3.05) is 0 Å². The summed E-state index contributed by atoms with van der Waals surface area (Å²) in [7, 11) is 0. The van der Waals surface area contributed by atoms with Crippen molar-refractivity contribution in [1.29, 1.82) is 0 Å². The van der Waals surface area contributed by atoms with Gasteiger partial charge in [-0.1, -0.05) is 12.2 Å².